The molecule has 0 amide bonds. The molecule has 158 valence electrons. The molecule has 1 saturated heterocycles. The number of aromatic nitrogens is 4. The normalized spacial score (nSPS) is 17.7. The Morgan fingerprint density at radius 1 is 1.30 bits per heavy atom. The van der Waals surface area contributed by atoms with Gasteiger partial charge in [0.15, 0.2) is 0 Å². The summed E-state index contributed by atoms with van der Waals surface area (Å²) < 4.78 is 24.7. The predicted octanol–water partition coefficient (Wildman–Crippen LogP) is 2.65. The van der Waals surface area contributed by atoms with E-state index < -0.39 is 11.7 Å². The van der Waals surface area contributed by atoms with Crippen molar-refractivity contribution in [3.8, 4) is 11.5 Å². The maximum atomic E-state index is 13.3. The van der Waals surface area contributed by atoms with Crippen molar-refractivity contribution in [3.05, 3.63) is 59.6 Å². The predicted molar refractivity (Wildman–Crippen MR) is 106 cm³/mol. The van der Waals surface area contributed by atoms with Gasteiger partial charge in [-0.3, -0.25) is 4.98 Å². The minimum absolute atomic E-state index is 0.299. The summed E-state index contributed by atoms with van der Waals surface area (Å²) in [7, 11) is 1.64. The summed E-state index contributed by atoms with van der Waals surface area (Å²) in [6.45, 7) is 3.64. The molecule has 30 heavy (non-hydrogen) atoms. The van der Waals surface area contributed by atoms with Gasteiger partial charge in [-0.2, -0.15) is 4.98 Å². The molecule has 8 nitrogen and oxygen atoms in total. The lowest BCUT2D eigenvalue weighted by Crippen LogP contribution is -2.45. The molecule has 3 aromatic rings. The SMILES string of the molecule is COC1(c2nc(-c3cnccn3)no2)CCN(CC(O)c2ccc(F)cc2C)CC1. The van der Waals surface area contributed by atoms with Gasteiger partial charge in [-0.15, -0.1) is 0 Å². The first-order valence-electron chi connectivity index (χ1n) is 9.83. The van der Waals surface area contributed by atoms with Gasteiger partial charge in [0.05, 0.1) is 12.3 Å². The Morgan fingerprint density at radius 2 is 2.10 bits per heavy atom. The number of aliphatic hydroxyl groups excluding tert-OH is 1. The van der Waals surface area contributed by atoms with E-state index in [0.717, 1.165) is 11.1 Å². The van der Waals surface area contributed by atoms with Crippen LogP contribution in [0.3, 0.4) is 0 Å². The molecule has 3 heterocycles. The lowest BCUT2D eigenvalue weighted by Gasteiger charge is -2.39. The second kappa shape index (κ2) is 8.55. The highest BCUT2D eigenvalue weighted by atomic mass is 19.1. The van der Waals surface area contributed by atoms with Gasteiger partial charge in [-0.05, 0) is 43.0 Å². The van der Waals surface area contributed by atoms with Gasteiger partial charge in [0.2, 0.25) is 5.82 Å². The second-order valence-electron chi connectivity index (χ2n) is 7.53. The largest absolute Gasteiger partial charge is 0.387 e. The fourth-order valence-corrected chi connectivity index (χ4v) is 3.89. The summed E-state index contributed by atoms with van der Waals surface area (Å²) in [5.41, 5.74) is 1.34. The molecule has 1 aromatic carbocycles. The van der Waals surface area contributed by atoms with Gasteiger partial charge < -0.3 is 19.3 Å². The third-order valence-corrected chi connectivity index (χ3v) is 5.68. The van der Waals surface area contributed by atoms with Crippen LogP contribution < -0.4 is 0 Å². The van der Waals surface area contributed by atoms with Crippen LogP contribution >= 0.6 is 0 Å². The Labute approximate surface area is 173 Å². The summed E-state index contributed by atoms with van der Waals surface area (Å²) in [5.74, 6) is 0.492. The average molecular weight is 413 g/mol. The Kier molecular flexibility index (Phi) is 5.85. The smallest absolute Gasteiger partial charge is 0.259 e. The molecule has 1 N–H and O–H groups in total. The van der Waals surface area contributed by atoms with E-state index >= 15 is 0 Å². The van der Waals surface area contributed by atoms with E-state index in [9.17, 15) is 9.50 Å². The first kappa shape index (κ1) is 20.5. The molecule has 0 saturated carbocycles. The quantitative estimate of drug-likeness (QED) is 0.659. The lowest BCUT2D eigenvalue weighted by molar-refractivity contribution is -0.0866. The average Bonchev–Trinajstić information content (AvgIpc) is 3.26. The fourth-order valence-electron chi connectivity index (χ4n) is 3.89. The third kappa shape index (κ3) is 4.09. The second-order valence-corrected chi connectivity index (χ2v) is 7.53. The molecular formula is C21H24FN5O3. The molecule has 1 fully saturated rings. The number of hydrogen-bond donors (Lipinski definition) is 1. The Bertz CT molecular complexity index is 989. The van der Waals surface area contributed by atoms with Crippen LogP contribution in [0.2, 0.25) is 0 Å². The van der Waals surface area contributed by atoms with Gasteiger partial charge in [-0.1, -0.05) is 11.2 Å². The number of likely N-dealkylation sites (tertiary alicyclic amines) is 1. The van der Waals surface area contributed by atoms with Crippen LogP contribution in [0.5, 0.6) is 0 Å². The Hall–Kier alpha value is -2.75. The number of aliphatic hydroxyl groups is 1. The highest BCUT2D eigenvalue weighted by Gasteiger charge is 2.42. The number of aryl methyl sites for hydroxylation is 1. The Morgan fingerprint density at radius 3 is 2.77 bits per heavy atom. The third-order valence-electron chi connectivity index (χ3n) is 5.68. The van der Waals surface area contributed by atoms with Crippen LogP contribution in [0, 0.1) is 12.7 Å². The molecule has 2 aromatic heterocycles. The summed E-state index contributed by atoms with van der Waals surface area (Å²) in [4.78, 5) is 14.9. The fraction of sp³-hybridized carbons (Fsp3) is 0.429. The van der Waals surface area contributed by atoms with Crippen LogP contribution in [-0.4, -0.2) is 56.9 Å². The van der Waals surface area contributed by atoms with E-state index in [4.69, 9.17) is 9.26 Å². The standard InChI is InChI=1S/C21H24FN5O3/c1-14-11-15(22)3-4-16(14)18(28)13-27-9-5-21(29-2,6-10-27)20-25-19(26-30-20)17-12-23-7-8-24-17/h3-4,7-8,11-12,18,28H,5-6,9-10,13H2,1-2H3. The van der Waals surface area contributed by atoms with Crippen LogP contribution in [0.4, 0.5) is 4.39 Å². The number of ether oxygens (including phenoxy) is 1. The molecule has 0 spiro atoms. The topological polar surface area (TPSA) is 97.4 Å². The van der Waals surface area contributed by atoms with Crippen molar-refractivity contribution >= 4 is 0 Å². The van der Waals surface area contributed by atoms with E-state index in [0.29, 0.717) is 49.9 Å². The molecule has 9 heteroatoms. The van der Waals surface area contributed by atoms with Gasteiger partial charge in [0.1, 0.15) is 17.1 Å². The molecule has 0 bridgehead atoms. The number of methoxy groups -OCH3 is 1. The van der Waals surface area contributed by atoms with Crippen molar-refractivity contribution in [2.75, 3.05) is 26.7 Å². The zero-order chi connectivity index (χ0) is 21.1. The van der Waals surface area contributed by atoms with Crippen molar-refractivity contribution in [2.24, 2.45) is 0 Å². The number of benzene rings is 1. The molecule has 0 aliphatic carbocycles. The number of nitrogens with zero attached hydrogens (tertiary/aromatic N) is 5. The molecule has 1 atom stereocenters. The maximum absolute atomic E-state index is 13.3. The minimum Gasteiger partial charge on any atom is -0.387 e. The summed E-state index contributed by atoms with van der Waals surface area (Å²) in [6.07, 6.45) is 5.33. The van der Waals surface area contributed by atoms with Crippen molar-refractivity contribution in [2.45, 2.75) is 31.5 Å². The van der Waals surface area contributed by atoms with E-state index in [1.807, 2.05) is 0 Å². The van der Waals surface area contributed by atoms with Crippen LogP contribution in [-0.2, 0) is 10.3 Å². The summed E-state index contributed by atoms with van der Waals surface area (Å²) >= 11 is 0. The Balaban J connectivity index is 1.42. The van der Waals surface area contributed by atoms with Gasteiger partial charge in [0.25, 0.3) is 5.89 Å². The highest BCUT2D eigenvalue weighted by Crippen LogP contribution is 2.36. The number of β-amino-alcohol motifs (C(OH)–C–C–N with tert-alkyl or cyclic N) is 1. The van der Waals surface area contributed by atoms with E-state index in [1.165, 1.54) is 12.1 Å². The van der Waals surface area contributed by atoms with E-state index in [-0.39, 0.29) is 5.82 Å². The zero-order valence-corrected chi connectivity index (χ0v) is 17.0. The van der Waals surface area contributed by atoms with Crippen molar-refractivity contribution < 1.29 is 18.8 Å². The first-order chi connectivity index (χ1) is 14.5. The first-order valence-corrected chi connectivity index (χ1v) is 9.83. The van der Waals surface area contributed by atoms with Crippen LogP contribution in [0.25, 0.3) is 11.5 Å². The van der Waals surface area contributed by atoms with Crippen LogP contribution in [0.15, 0.2) is 41.3 Å². The number of hydrogen-bond acceptors (Lipinski definition) is 8. The molecule has 1 aliphatic rings. The number of rotatable bonds is 6. The molecule has 1 unspecified atom stereocenters. The minimum atomic E-state index is -0.688. The van der Waals surface area contributed by atoms with Crippen molar-refractivity contribution in [1.29, 1.82) is 0 Å². The molecule has 1 aliphatic heterocycles. The van der Waals surface area contributed by atoms with Gasteiger partial charge >= 0.3 is 0 Å². The lowest BCUT2D eigenvalue weighted by atomic mass is 9.90. The molecule has 4 rings (SSSR count). The molecular weight excluding hydrogens is 389 g/mol. The number of piperidine rings is 1. The van der Waals surface area contributed by atoms with Gasteiger partial charge in [0, 0.05) is 39.1 Å². The summed E-state index contributed by atoms with van der Waals surface area (Å²) in [6, 6.07) is 4.46. The van der Waals surface area contributed by atoms with E-state index in [1.54, 1.807) is 38.7 Å². The van der Waals surface area contributed by atoms with Crippen molar-refractivity contribution in [1.82, 2.24) is 25.0 Å². The van der Waals surface area contributed by atoms with Crippen molar-refractivity contribution in [3.63, 3.8) is 0 Å². The van der Waals surface area contributed by atoms with Gasteiger partial charge in [-0.25, -0.2) is 9.37 Å². The highest BCUT2D eigenvalue weighted by molar-refractivity contribution is 5.45. The summed E-state index contributed by atoms with van der Waals surface area (Å²) in [5, 5.41) is 14.7. The zero-order valence-electron chi connectivity index (χ0n) is 17.0. The number of halogens is 1. The van der Waals surface area contributed by atoms with Crippen LogP contribution in [0.1, 0.15) is 36.0 Å². The monoisotopic (exact) mass is 413 g/mol. The van der Waals surface area contributed by atoms with E-state index in [2.05, 4.69) is 25.0 Å². The maximum Gasteiger partial charge on any atom is 0.259 e. The molecule has 0 radical (unpaired) electrons.